The monoisotopic (exact) mass is 317 g/mol. The molecule has 0 radical (unpaired) electrons. The van der Waals surface area contributed by atoms with Crippen molar-refractivity contribution in [3.8, 4) is 0 Å². The van der Waals surface area contributed by atoms with E-state index in [4.69, 9.17) is 24.4 Å². The van der Waals surface area contributed by atoms with E-state index in [9.17, 15) is 0 Å². The minimum Gasteiger partial charge on any atom is -0.337 e. The largest absolute Gasteiger partial charge is 0.337 e. The molecule has 0 unspecified atom stereocenters. The first-order chi connectivity index (χ1) is 9.70. The number of thiocarbonyl (C=S) groups is 1. The lowest BCUT2D eigenvalue weighted by atomic mass is 10.3. The third kappa shape index (κ3) is 3.04. The first-order valence-corrected chi connectivity index (χ1v) is 7.60. The topological polar surface area (TPSA) is 39.8 Å². The molecule has 0 aliphatic rings. The Kier molecular flexibility index (Phi) is 3.77. The average molecular weight is 317 g/mol. The number of hydrogen-bond acceptors (Lipinski definition) is 3. The molecule has 0 bridgehead atoms. The number of benzene rings is 2. The highest BCUT2D eigenvalue weighted by atomic mass is 32.1. The Morgan fingerprint density at radius 2 is 1.75 bits per heavy atom. The summed E-state index contributed by atoms with van der Waals surface area (Å²) in [5, 5.41) is 6.87. The molecule has 3 aromatic rings. The number of hydrogen-bond donors (Lipinski definition) is 3. The van der Waals surface area contributed by atoms with Gasteiger partial charge in [-0.3, -0.25) is 0 Å². The standard InChI is InChI=1S/C14H11N3S3/c18-13(15-9-4-2-1-3-5-9)16-10-6-7-11-12(8-10)20-14(19)17-11/h1-8H,(H,17,19)(H2,15,16,18). The number of para-hydroxylation sites is 1. The summed E-state index contributed by atoms with van der Waals surface area (Å²) >= 11 is 12.0. The Hall–Kier alpha value is -1.76. The highest BCUT2D eigenvalue weighted by Crippen LogP contribution is 2.23. The van der Waals surface area contributed by atoms with E-state index in [1.807, 2.05) is 48.5 Å². The van der Waals surface area contributed by atoms with Gasteiger partial charge in [0.1, 0.15) is 0 Å². The maximum Gasteiger partial charge on any atom is 0.175 e. The second kappa shape index (κ2) is 5.70. The van der Waals surface area contributed by atoms with Crippen molar-refractivity contribution in [3.63, 3.8) is 0 Å². The Morgan fingerprint density at radius 1 is 1.00 bits per heavy atom. The van der Waals surface area contributed by atoms with Crippen LogP contribution in [0.15, 0.2) is 48.5 Å². The van der Waals surface area contributed by atoms with Crippen molar-refractivity contribution < 1.29 is 0 Å². The van der Waals surface area contributed by atoms with Gasteiger partial charge in [-0.25, -0.2) is 0 Å². The van der Waals surface area contributed by atoms with Gasteiger partial charge in [0.15, 0.2) is 9.07 Å². The molecule has 0 saturated carbocycles. The highest BCUT2D eigenvalue weighted by molar-refractivity contribution is 7.80. The molecule has 0 amide bonds. The number of H-pyrrole nitrogens is 1. The Morgan fingerprint density at radius 3 is 2.55 bits per heavy atom. The van der Waals surface area contributed by atoms with Crippen LogP contribution in [0.5, 0.6) is 0 Å². The zero-order valence-corrected chi connectivity index (χ0v) is 12.8. The van der Waals surface area contributed by atoms with Crippen LogP contribution in [-0.2, 0) is 0 Å². The molecule has 100 valence electrons. The molecule has 1 heterocycles. The number of nitrogens with one attached hydrogen (secondary N) is 3. The number of fused-ring (bicyclic) bond motifs is 1. The summed E-state index contributed by atoms with van der Waals surface area (Å²) in [5.41, 5.74) is 2.95. The van der Waals surface area contributed by atoms with Crippen molar-refractivity contribution in [3.05, 3.63) is 52.5 Å². The molecule has 0 atom stereocenters. The second-order valence-electron chi connectivity index (χ2n) is 4.17. The average Bonchev–Trinajstić information content (AvgIpc) is 2.79. The zero-order chi connectivity index (χ0) is 13.9. The van der Waals surface area contributed by atoms with Crippen LogP contribution in [0.2, 0.25) is 0 Å². The number of rotatable bonds is 2. The molecule has 3 N–H and O–H groups in total. The second-order valence-corrected chi connectivity index (χ2v) is 6.30. The van der Waals surface area contributed by atoms with Crippen LogP contribution < -0.4 is 10.6 Å². The van der Waals surface area contributed by atoms with E-state index in [1.54, 1.807) is 11.3 Å². The number of anilines is 2. The molecule has 0 aliphatic heterocycles. The van der Waals surface area contributed by atoms with E-state index >= 15 is 0 Å². The number of aromatic nitrogens is 1. The fourth-order valence-electron chi connectivity index (χ4n) is 1.84. The molecule has 0 fully saturated rings. The molecule has 2 aromatic carbocycles. The van der Waals surface area contributed by atoms with E-state index in [-0.39, 0.29) is 0 Å². The lowest BCUT2D eigenvalue weighted by Gasteiger charge is -2.10. The van der Waals surface area contributed by atoms with Gasteiger partial charge in [0.25, 0.3) is 0 Å². The van der Waals surface area contributed by atoms with Gasteiger partial charge in [-0.05, 0) is 54.8 Å². The van der Waals surface area contributed by atoms with Crippen molar-refractivity contribution in [2.24, 2.45) is 0 Å². The third-order valence-electron chi connectivity index (χ3n) is 2.71. The van der Waals surface area contributed by atoms with E-state index in [0.29, 0.717) is 5.11 Å². The molecule has 20 heavy (non-hydrogen) atoms. The van der Waals surface area contributed by atoms with Crippen molar-refractivity contribution in [1.82, 2.24) is 4.98 Å². The van der Waals surface area contributed by atoms with Crippen LogP contribution in [0, 0.1) is 3.95 Å². The van der Waals surface area contributed by atoms with Gasteiger partial charge < -0.3 is 15.6 Å². The minimum absolute atomic E-state index is 0.565. The van der Waals surface area contributed by atoms with Gasteiger partial charge in [-0.2, -0.15) is 0 Å². The van der Waals surface area contributed by atoms with Gasteiger partial charge >= 0.3 is 0 Å². The fourth-order valence-corrected chi connectivity index (χ4v) is 3.23. The van der Waals surface area contributed by atoms with Gasteiger partial charge in [0.05, 0.1) is 10.2 Å². The number of thiazole rings is 1. The first-order valence-electron chi connectivity index (χ1n) is 5.97. The van der Waals surface area contributed by atoms with Crippen molar-refractivity contribution in [2.75, 3.05) is 10.6 Å². The summed E-state index contributed by atoms with van der Waals surface area (Å²) in [6.45, 7) is 0. The van der Waals surface area contributed by atoms with E-state index in [1.165, 1.54) is 0 Å². The van der Waals surface area contributed by atoms with Crippen LogP contribution in [0.25, 0.3) is 10.2 Å². The van der Waals surface area contributed by atoms with E-state index in [0.717, 1.165) is 25.5 Å². The normalized spacial score (nSPS) is 10.4. The lowest BCUT2D eigenvalue weighted by molar-refractivity contribution is 1.47. The molecule has 3 nitrogen and oxygen atoms in total. The summed E-state index contributed by atoms with van der Waals surface area (Å²) in [4.78, 5) is 3.14. The van der Waals surface area contributed by atoms with Gasteiger partial charge in [-0.1, -0.05) is 18.2 Å². The maximum atomic E-state index is 5.30. The predicted octanol–water partition coefficient (Wildman–Crippen LogP) is 4.77. The van der Waals surface area contributed by atoms with Crippen LogP contribution >= 0.6 is 35.8 Å². The molecule has 6 heteroatoms. The molecular weight excluding hydrogens is 306 g/mol. The summed E-state index contributed by atoms with van der Waals surface area (Å²) in [5.74, 6) is 0. The van der Waals surface area contributed by atoms with Gasteiger partial charge in [0, 0.05) is 11.4 Å². The molecule has 0 aliphatic carbocycles. The SMILES string of the molecule is S=C(Nc1ccccc1)Nc1ccc2[nH]c(=S)sc2c1. The third-order valence-corrected chi connectivity index (χ3v) is 4.11. The first kappa shape index (κ1) is 13.2. The summed E-state index contributed by atoms with van der Waals surface area (Å²) in [6.07, 6.45) is 0. The van der Waals surface area contributed by atoms with E-state index < -0.39 is 0 Å². The van der Waals surface area contributed by atoms with Crippen LogP contribution in [0.3, 0.4) is 0 Å². The Balaban J connectivity index is 1.75. The van der Waals surface area contributed by atoms with Crippen molar-refractivity contribution in [1.29, 1.82) is 0 Å². The Labute approximate surface area is 130 Å². The van der Waals surface area contributed by atoms with Crippen molar-refractivity contribution in [2.45, 2.75) is 0 Å². The smallest absolute Gasteiger partial charge is 0.175 e. The van der Waals surface area contributed by atoms with E-state index in [2.05, 4.69) is 15.6 Å². The predicted molar refractivity (Wildman–Crippen MR) is 93.3 cm³/mol. The molecule has 0 spiro atoms. The van der Waals surface area contributed by atoms with Gasteiger partial charge in [-0.15, -0.1) is 11.3 Å². The molecule has 3 rings (SSSR count). The highest BCUT2D eigenvalue weighted by Gasteiger charge is 2.02. The summed E-state index contributed by atoms with van der Waals surface area (Å²) < 4.78 is 1.89. The van der Waals surface area contributed by atoms with Crippen LogP contribution in [0.1, 0.15) is 0 Å². The van der Waals surface area contributed by atoms with Crippen molar-refractivity contribution >= 4 is 62.5 Å². The zero-order valence-electron chi connectivity index (χ0n) is 10.3. The minimum atomic E-state index is 0.565. The molecular formula is C14H11N3S3. The Bertz CT molecular complexity index is 805. The number of aromatic amines is 1. The lowest BCUT2D eigenvalue weighted by Crippen LogP contribution is -2.18. The summed E-state index contributed by atoms with van der Waals surface area (Å²) in [6, 6.07) is 15.8. The summed E-state index contributed by atoms with van der Waals surface area (Å²) in [7, 11) is 0. The molecule has 1 aromatic heterocycles. The molecule has 0 saturated heterocycles. The quantitative estimate of drug-likeness (QED) is 0.596. The van der Waals surface area contributed by atoms with Crippen LogP contribution in [-0.4, -0.2) is 10.1 Å². The van der Waals surface area contributed by atoms with Gasteiger partial charge in [0.2, 0.25) is 0 Å². The maximum absolute atomic E-state index is 5.30. The fraction of sp³-hybridized carbons (Fsp3) is 0. The van der Waals surface area contributed by atoms with Crippen LogP contribution in [0.4, 0.5) is 11.4 Å².